The van der Waals surface area contributed by atoms with Crippen LogP contribution in [0.2, 0.25) is 0 Å². The highest BCUT2D eigenvalue weighted by molar-refractivity contribution is 6.05. The molecule has 4 nitrogen and oxygen atoms in total. The van der Waals surface area contributed by atoms with Crippen molar-refractivity contribution in [1.82, 2.24) is 0 Å². The third-order valence-electron chi connectivity index (χ3n) is 9.21. The van der Waals surface area contributed by atoms with Gasteiger partial charge in [-0.05, 0) is 67.8 Å². The van der Waals surface area contributed by atoms with E-state index >= 15 is 0 Å². The van der Waals surface area contributed by atoms with E-state index in [4.69, 9.17) is 4.74 Å². The Morgan fingerprint density at radius 1 is 1.07 bits per heavy atom. The first-order chi connectivity index (χ1) is 14.3. The molecule has 4 heteroatoms. The maximum absolute atomic E-state index is 13.1. The highest BCUT2D eigenvalue weighted by atomic mass is 16.5. The van der Waals surface area contributed by atoms with Crippen molar-refractivity contribution in [3.8, 4) is 0 Å². The lowest BCUT2D eigenvalue weighted by Crippen LogP contribution is -2.53. The Hall–Kier alpha value is -1.45. The quantitative estimate of drug-likeness (QED) is 0.420. The van der Waals surface area contributed by atoms with Gasteiger partial charge in [0.15, 0.2) is 11.6 Å². The molecule has 0 radical (unpaired) electrons. The van der Waals surface area contributed by atoms with Crippen LogP contribution < -0.4 is 0 Å². The van der Waals surface area contributed by atoms with Crippen LogP contribution in [0.4, 0.5) is 0 Å². The van der Waals surface area contributed by atoms with Crippen LogP contribution in [0.5, 0.6) is 0 Å². The zero-order valence-electron chi connectivity index (χ0n) is 19.0. The fraction of sp³-hybridized carbons (Fsp3) is 0.808. The number of esters is 1. The molecule has 0 aromatic rings. The Morgan fingerprint density at radius 2 is 1.87 bits per heavy atom. The molecule has 0 heterocycles. The molecule has 4 rings (SSSR count). The first kappa shape index (κ1) is 21.8. The normalized spacial score (nSPS) is 40.3. The van der Waals surface area contributed by atoms with E-state index in [1.165, 1.54) is 12.8 Å². The maximum atomic E-state index is 13.1. The molecule has 0 aromatic heterocycles. The van der Waals surface area contributed by atoms with Crippen molar-refractivity contribution in [2.24, 2.45) is 28.6 Å². The number of fused-ring (bicyclic) bond motifs is 5. The Labute approximate surface area is 181 Å². The van der Waals surface area contributed by atoms with E-state index in [-0.39, 0.29) is 34.5 Å². The Balaban J connectivity index is 1.47. The third kappa shape index (κ3) is 3.58. The van der Waals surface area contributed by atoms with Crippen molar-refractivity contribution in [2.45, 2.75) is 104 Å². The van der Waals surface area contributed by atoms with Crippen molar-refractivity contribution in [1.29, 1.82) is 0 Å². The van der Waals surface area contributed by atoms with Crippen LogP contribution in [-0.4, -0.2) is 23.6 Å². The second-order valence-electron chi connectivity index (χ2n) is 10.9. The summed E-state index contributed by atoms with van der Waals surface area (Å²) in [6.07, 6.45) is 12.6. The molecule has 6 unspecified atom stereocenters. The van der Waals surface area contributed by atoms with Crippen LogP contribution in [0.3, 0.4) is 0 Å². The van der Waals surface area contributed by atoms with E-state index in [1.54, 1.807) is 6.08 Å². The van der Waals surface area contributed by atoms with Gasteiger partial charge < -0.3 is 4.74 Å². The summed E-state index contributed by atoms with van der Waals surface area (Å²) in [6, 6.07) is 0. The molecule has 0 aromatic carbocycles. The lowest BCUT2D eigenvalue weighted by atomic mass is 9.47. The number of Topliss-reactive ketones (excluding diaryl/α,β-unsaturated/α-hetero) is 1. The Bertz CT molecular complexity index is 752. The van der Waals surface area contributed by atoms with E-state index in [0.29, 0.717) is 37.0 Å². The van der Waals surface area contributed by atoms with Crippen molar-refractivity contribution in [3.63, 3.8) is 0 Å². The summed E-state index contributed by atoms with van der Waals surface area (Å²) in [4.78, 5) is 37.5. The maximum Gasteiger partial charge on any atom is 0.306 e. The molecule has 4 aliphatic rings. The van der Waals surface area contributed by atoms with E-state index in [2.05, 4.69) is 20.8 Å². The molecule has 166 valence electrons. The number of rotatable bonds is 6. The van der Waals surface area contributed by atoms with Gasteiger partial charge >= 0.3 is 5.97 Å². The minimum Gasteiger partial charge on any atom is -0.462 e. The third-order valence-corrected chi connectivity index (χ3v) is 9.21. The first-order valence-electron chi connectivity index (χ1n) is 12.3. The molecular weight excluding hydrogens is 376 g/mol. The SMILES string of the molecule is CCCCCCC(=O)OC1CCC2C3CC(=O)C4=CC(=O)CCC4(C)C3CCC12C. The second-order valence-corrected chi connectivity index (χ2v) is 10.9. The summed E-state index contributed by atoms with van der Waals surface area (Å²) in [5.41, 5.74) is 0.642. The van der Waals surface area contributed by atoms with Crippen molar-refractivity contribution >= 4 is 17.5 Å². The fourth-order valence-corrected chi connectivity index (χ4v) is 7.45. The average Bonchev–Trinajstić information content (AvgIpc) is 3.03. The van der Waals surface area contributed by atoms with E-state index in [0.717, 1.165) is 50.5 Å². The summed E-state index contributed by atoms with van der Waals surface area (Å²) < 4.78 is 6.04. The molecule has 0 bridgehead atoms. The van der Waals surface area contributed by atoms with Crippen LogP contribution in [-0.2, 0) is 19.1 Å². The van der Waals surface area contributed by atoms with Crippen LogP contribution in [0.25, 0.3) is 0 Å². The van der Waals surface area contributed by atoms with Gasteiger partial charge in [-0.25, -0.2) is 0 Å². The van der Waals surface area contributed by atoms with Crippen LogP contribution >= 0.6 is 0 Å². The summed E-state index contributed by atoms with van der Waals surface area (Å²) in [5, 5.41) is 0. The van der Waals surface area contributed by atoms with Gasteiger partial charge in [0.25, 0.3) is 0 Å². The largest absolute Gasteiger partial charge is 0.462 e. The highest BCUT2D eigenvalue weighted by Crippen LogP contribution is 2.65. The van der Waals surface area contributed by atoms with Gasteiger partial charge in [-0.1, -0.05) is 40.0 Å². The number of hydrogen-bond donors (Lipinski definition) is 0. The number of carbonyl (C=O) groups excluding carboxylic acids is 3. The van der Waals surface area contributed by atoms with Gasteiger partial charge in [-0.15, -0.1) is 0 Å². The number of ether oxygens (including phenoxy) is 1. The van der Waals surface area contributed by atoms with E-state index < -0.39 is 0 Å². The topological polar surface area (TPSA) is 60.4 Å². The molecule has 3 saturated carbocycles. The van der Waals surface area contributed by atoms with Crippen molar-refractivity contribution < 1.29 is 19.1 Å². The van der Waals surface area contributed by atoms with Gasteiger partial charge in [0.2, 0.25) is 0 Å². The molecule has 30 heavy (non-hydrogen) atoms. The predicted octanol–water partition coefficient (Wildman–Crippen LogP) is 5.58. The molecule has 0 saturated heterocycles. The average molecular weight is 415 g/mol. The van der Waals surface area contributed by atoms with Crippen molar-refractivity contribution in [3.05, 3.63) is 11.6 Å². The van der Waals surface area contributed by atoms with E-state index in [1.807, 2.05) is 0 Å². The lowest BCUT2D eigenvalue weighted by Gasteiger charge is -2.57. The fourth-order valence-electron chi connectivity index (χ4n) is 7.45. The van der Waals surface area contributed by atoms with Gasteiger partial charge in [0.1, 0.15) is 6.10 Å². The standard InChI is InChI=1S/C26H38O4/c1-4-5-6-7-8-24(29)30-23-10-9-19-18-16-22(28)21-15-17(27)11-13-25(21,2)20(18)12-14-26(19,23)3/h15,18-20,23H,4-14,16H2,1-3H3. The Morgan fingerprint density at radius 3 is 2.63 bits per heavy atom. The lowest BCUT2D eigenvalue weighted by molar-refractivity contribution is -0.161. The van der Waals surface area contributed by atoms with Crippen LogP contribution in [0.15, 0.2) is 11.6 Å². The summed E-state index contributed by atoms with van der Waals surface area (Å²) in [7, 11) is 0. The van der Waals surface area contributed by atoms with Gasteiger partial charge in [0.05, 0.1) is 0 Å². The van der Waals surface area contributed by atoms with Gasteiger partial charge in [0, 0.05) is 30.3 Å². The van der Waals surface area contributed by atoms with Crippen molar-refractivity contribution in [2.75, 3.05) is 0 Å². The first-order valence-corrected chi connectivity index (χ1v) is 12.3. The van der Waals surface area contributed by atoms with Gasteiger partial charge in [-0.3, -0.25) is 14.4 Å². The Kier molecular flexibility index (Phi) is 5.98. The van der Waals surface area contributed by atoms with E-state index in [9.17, 15) is 14.4 Å². The van der Waals surface area contributed by atoms with Crippen LogP contribution in [0, 0.1) is 28.6 Å². The number of unbranched alkanes of at least 4 members (excludes halogenated alkanes) is 3. The smallest absolute Gasteiger partial charge is 0.306 e. The minimum absolute atomic E-state index is 0.00472. The van der Waals surface area contributed by atoms with Gasteiger partial charge in [-0.2, -0.15) is 0 Å². The zero-order valence-corrected chi connectivity index (χ0v) is 19.0. The molecular formula is C26H38O4. The molecule has 0 amide bonds. The molecule has 0 aliphatic heterocycles. The summed E-state index contributed by atoms with van der Waals surface area (Å²) in [6.45, 7) is 6.71. The number of hydrogen-bond acceptors (Lipinski definition) is 4. The second kappa shape index (κ2) is 8.24. The number of allylic oxidation sites excluding steroid dienone is 1. The summed E-state index contributed by atoms with van der Waals surface area (Å²) in [5.74, 6) is 1.53. The molecule has 0 N–H and O–H groups in total. The minimum atomic E-state index is -0.150. The van der Waals surface area contributed by atoms with Crippen LogP contribution in [0.1, 0.15) is 97.8 Å². The predicted molar refractivity (Wildman–Crippen MR) is 116 cm³/mol. The molecule has 4 aliphatic carbocycles. The number of carbonyl (C=O) groups is 3. The molecule has 6 atom stereocenters. The zero-order chi connectivity index (χ0) is 21.5. The molecule has 0 spiro atoms. The summed E-state index contributed by atoms with van der Waals surface area (Å²) >= 11 is 0. The monoisotopic (exact) mass is 414 g/mol. The number of ketones is 2. The highest BCUT2D eigenvalue weighted by Gasteiger charge is 2.61. The molecule has 3 fully saturated rings.